The maximum Gasteiger partial charge on any atom is 0.240 e. The van der Waals surface area contributed by atoms with Crippen LogP contribution in [0.2, 0.25) is 0 Å². The fourth-order valence-corrected chi connectivity index (χ4v) is 2.88. The Morgan fingerprint density at radius 2 is 1.90 bits per heavy atom. The Labute approximate surface area is 121 Å². The molecule has 1 aromatic carbocycles. The van der Waals surface area contributed by atoms with Gasteiger partial charge in [0, 0.05) is 13.1 Å². The lowest BCUT2D eigenvalue weighted by Gasteiger charge is -2.11. The lowest BCUT2D eigenvalue weighted by Crippen LogP contribution is -2.32. The highest BCUT2D eigenvalue weighted by Crippen LogP contribution is 2.21. The van der Waals surface area contributed by atoms with Crippen molar-refractivity contribution in [1.82, 2.24) is 10.0 Å². The predicted octanol–water partition coefficient (Wildman–Crippen LogP) is 1.67. The molecular weight excluding hydrogens is 276 g/mol. The molecule has 0 aliphatic heterocycles. The SMILES string of the molecule is CCCNCCNS(=O)(=O)c1ccc(OCC)c(C)c1. The van der Waals surface area contributed by atoms with Gasteiger partial charge in [-0.05, 0) is 50.6 Å². The van der Waals surface area contributed by atoms with Gasteiger partial charge in [0.2, 0.25) is 10.0 Å². The summed E-state index contributed by atoms with van der Waals surface area (Å²) in [6, 6.07) is 4.90. The van der Waals surface area contributed by atoms with E-state index in [1.165, 1.54) is 0 Å². The van der Waals surface area contributed by atoms with Crippen molar-refractivity contribution in [3.63, 3.8) is 0 Å². The van der Waals surface area contributed by atoms with Gasteiger partial charge in [0.1, 0.15) is 5.75 Å². The number of hydrogen-bond acceptors (Lipinski definition) is 4. The standard InChI is InChI=1S/C14H24N2O3S/c1-4-8-15-9-10-16-20(17,18)13-6-7-14(19-5-2)12(3)11-13/h6-7,11,15-16H,4-5,8-10H2,1-3H3. The Morgan fingerprint density at radius 3 is 2.50 bits per heavy atom. The zero-order valence-corrected chi connectivity index (χ0v) is 13.2. The molecule has 20 heavy (non-hydrogen) atoms. The normalized spacial score (nSPS) is 11.6. The van der Waals surface area contributed by atoms with Crippen LogP contribution in [-0.4, -0.2) is 34.7 Å². The first-order valence-electron chi connectivity index (χ1n) is 6.95. The molecule has 0 heterocycles. The van der Waals surface area contributed by atoms with Gasteiger partial charge in [0.15, 0.2) is 0 Å². The molecule has 0 amide bonds. The van der Waals surface area contributed by atoms with Crippen LogP contribution in [0.4, 0.5) is 0 Å². The second-order valence-corrected chi connectivity index (χ2v) is 6.28. The van der Waals surface area contributed by atoms with Crippen LogP contribution >= 0.6 is 0 Å². The molecule has 0 saturated heterocycles. The number of sulfonamides is 1. The van der Waals surface area contributed by atoms with Crippen molar-refractivity contribution >= 4 is 10.0 Å². The van der Waals surface area contributed by atoms with Crippen LogP contribution in [-0.2, 0) is 10.0 Å². The Hall–Kier alpha value is -1.11. The van der Waals surface area contributed by atoms with Crippen molar-refractivity contribution < 1.29 is 13.2 Å². The molecule has 0 fully saturated rings. The first kappa shape index (κ1) is 16.9. The van der Waals surface area contributed by atoms with E-state index >= 15 is 0 Å². The molecule has 0 bridgehead atoms. The van der Waals surface area contributed by atoms with Crippen molar-refractivity contribution in [2.45, 2.75) is 32.1 Å². The second-order valence-electron chi connectivity index (χ2n) is 4.51. The van der Waals surface area contributed by atoms with Gasteiger partial charge in [-0.2, -0.15) is 0 Å². The summed E-state index contributed by atoms with van der Waals surface area (Å²) in [4.78, 5) is 0.272. The molecule has 0 aliphatic carbocycles. The fourth-order valence-electron chi connectivity index (χ4n) is 1.77. The minimum atomic E-state index is -3.45. The summed E-state index contributed by atoms with van der Waals surface area (Å²) >= 11 is 0. The van der Waals surface area contributed by atoms with Gasteiger partial charge in [-0.1, -0.05) is 6.92 Å². The average Bonchev–Trinajstić information content (AvgIpc) is 2.41. The van der Waals surface area contributed by atoms with E-state index in [2.05, 4.69) is 17.0 Å². The molecule has 0 unspecified atom stereocenters. The Morgan fingerprint density at radius 1 is 1.15 bits per heavy atom. The Bertz CT molecular complexity index is 515. The quantitative estimate of drug-likeness (QED) is 0.681. The van der Waals surface area contributed by atoms with Crippen molar-refractivity contribution in [3.05, 3.63) is 23.8 Å². The molecule has 0 atom stereocenters. The Balaban J connectivity index is 2.65. The highest BCUT2D eigenvalue weighted by molar-refractivity contribution is 7.89. The third-order valence-electron chi connectivity index (χ3n) is 2.78. The molecule has 0 radical (unpaired) electrons. The van der Waals surface area contributed by atoms with Gasteiger partial charge in [0.25, 0.3) is 0 Å². The molecule has 114 valence electrons. The maximum atomic E-state index is 12.1. The van der Waals surface area contributed by atoms with E-state index in [9.17, 15) is 8.42 Å². The first-order chi connectivity index (χ1) is 9.51. The zero-order chi connectivity index (χ0) is 15.0. The van der Waals surface area contributed by atoms with Gasteiger partial charge in [0.05, 0.1) is 11.5 Å². The van der Waals surface area contributed by atoms with E-state index in [-0.39, 0.29) is 4.90 Å². The van der Waals surface area contributed by atoms with Gasteiger partial charge in [-0.15, -0.1) is 0 Å². The first-order valence-corrected chi connectivity index (χ1v) is 8.43. The van der Waals surface area contributed by atoms with E-state index < -0.39 is 10.0 Å². The molecule has 6 heteroatoms. The Kier molecular flexibility index (Phi) is 6.98. The third kappa shape index (κ3) is 5.11. The summed E-state index contributed by atoms with van der Waals surface area (Å²) in [5.41, 5.74) is 0.818. The highest BCUT2D eigenvalue weighted by atomic mass is 32.2. The van der Waals surface area contributed by atoms with Gasteiger partial charge in [-0.3, -0.25) is 0 Å². The number of ether oxygens (including phenoxy) is 1. The smallest absolute Gasteiger partial charge is 0.240 e. The molecule has 2 N–H and O–H groups in total. The number of nitrogens with one attached hydrogen (secondary N) is 2. The van der Waals surface area contributed by atoms with Crippen molar-refractivity contribution in [2.24, 2.45) is 0 Å². The van der Waals surface area contributed by atoms with Crippen molar-refractivity contribution in [1.29, 1.82) is 0 Å². The van der Waals surface area contributed by atoms with Crippen LogP contribution in [0, 0.1) is 6.92 Å². The van der Waals surface area contributed by atoms with E-state index in [0.717, 1.165) is 24.3 Å². The number of hydrogen-bond donors (Lipinski definition) is 2. The summed E-state index contributed by atoms with van der Waals surface area (Å²) in [7, 11) is -3.45. The van der Waals surface area contributed by atoms with E-state index in [1.807, 2.05) is 13.8 Å². The van der Waals surface area contributed by atoms with Gasteiger partial charge < -0.3 is 10.1 Å². The van der Waals surface area contributed by atoms with Crippen LogP contribution in [0.25, 0.3) is 0 Å². The van der Waals surface area contributed by atoms with Crippen LogP contribution in [0.1, 0.15) is 25.8 Å². The molecule has 0 aromatic heterocycles. The third-order valence-corrected chi connectivity index (χ3v) is 4.24. The maximum absolute atomic E-state index is 12.1. The molecule has 1 rings (SSSR count). The highest BCUT2D eigenvalue weighted by Gasteiger charge is 2.14. The van der Waals surface area contributed by atoms with Crippen molar-refractivity contribution in [2.75, 3.05) is 26.2 Å². The molecule has 0 spiro atoms. The summed E-state index contributed by atoms with van der Waals surface area (Å²) in [6.07, 6.45) is 1.03. The second kappa shape index (κ2) is 8.24. The molecule has 1 aromatic rings. The summed E-state index contributed by atoms with van der Waals surface area (Å²) < 4.78 is 32.2. The minimum Gasteiger partial charge on any atom is -0.494 e. The lowest BCUT2D eigenvalue weighted by atomic mass is 10.2. The van der Waals surface area contributed by atoms with Gasteiger partial charge in [-0.25, -0.2) is 13.1 Å². The fraction of sp³-hybridized carbons (Fsp3) is 0.571. The largest absolute Gasteiger partial charge is 0.494 e. The summed E-state index contributed by atoms with van der Waals surface area (Å²) in [6.45, 7) is 8.28. The predicted molar refractivity (Wildman–Crippen MR) is 80.7 cm³/mol. The average molecular weight is 300 g/mol. The molecule has 0 aliphatic rings. The van der Waals surface area contributed by atoms with Gasteiger partial charge >= 0.3 is 0 Å². The minimum absolute atomic E-state index is 0.272. The van der Waals surface area contributed by atoms with E-state index in [4.69, 9.17) is 4.74 Å². The number of aryl methyl sites for hydroxylation is 1. The van der Waals surface area contributed by atoms with Crippen molar-refractivity contribution in [3.8, 4) is 5.75 Å². The van der Waals surface area contributed by atoms with Crippen LogP contribution < -0.4 is 14.8 Å². The zero-order valence-electron chi connectivity index (χ0n) is 12.4. The molecular formula is C14H24N2O3S. The summed E-state index contributed by atoms with van der Waals surface area (Å²) in [5.74, 6) is 0.719. The van der Waals surface area contributed by atoms with Crippen LogP contribution in [0.5, 0.6) is 5.75 Å². The molecule has 0 saturated carbocycles. The van der Waals surface area contributed by atoms with E-state index in [0.29, 0.717) is 19.7 Å². The molecule has 5 nitrogen and oxygen atoms in total. The number of benzene rings is 1. The monoisotopic (exact) mass is 300 g/mol. The van der Waals surface area contributed by atoms with E-state index in [1.54, 1.807) is 18.2 Å². The topological polar surface area (TPSA) is 67.4 Å². The number of rotatable bonds is 9. The lowest BCUT2D eigenvalue weighted by molar-refractivity contribution is 0.337. The van der Waals surface area contributed by atoms with Crippen LogP contribution in [0.3, 0.4) is 0 Å². The van der Waals surface area contributed by atoms with Crippen LogP contribution in [0.15, 0.2) is 23.1 Å². The summed E-state index contributed by atoms with van der Waals surface area (Å²) in [5, 5.41) is 3.15.